The Morgan fingerprint density at radius 3 is 1.30 bits per heavy atom. The average Bonchev–Trinajstić information content (AvgIpc) is 1.89. The van der Waals surface area contributed by atoms with Crippen LogP contribution in [0, 0.1) is 0 Å². The van der Waals surface area contributed by atoms with Crippen molar-refractivity contribution >= 4 is 12.2 Å². The molecule has 10 heavy (non-hydrogen) atoms. The zero-order chi connectivity index (χ0) is 8.57. The number of hydrogen-bond acceptors (Lipinski definition) is 2. The molecule has 0 saturated carbocycles. The number of hydrazine groups is 1. The normalized spacial score (nSPS) is 6.60. The molecule has 0 aromatic carbocycles. The Labute approximate surface area is 57.8 Å². The number of carboxylic acid groups (broad SMARTS) is 2. The van der Waals surface area contributed by atoms with E-state index in [9.17, 15) is 9.59 Å². The maximum absolute atomic E-state index is 9.47. The van der Waals surface area contributed by atoms with Crippen molar-refractivity contribution < 1.29 is 19.8 Å². The van der Waals surface area contributed by atoms with Crippen LogP contribution >= 0.6 is 0 Å². The van der Waals surface area contributed by atoms with Crippen molar-refractivity contribution in [2.45, 2.75) is 13.8 Å². The van der Waals surface area contributed by atoms with Gasteiger partial charge >= 0.3 is 12.2 Å². The predicted octanol–water partition coefficient (Wildman–Crippen LogP) is 0.463. The minimum atomic E-state index is -1.44. The Kier molecular flexibility index (Phi) is 8.56. The molecule has 60 valence electrons. The Balaban J connectivity index is 0. The van der Waals surface area contributed by atoms with E-state index in [1.54, 1.807) is 0 Å². The molecular formula is C4H10N2O4. The van der Waals surface area contributed by atoms with Gasteiger partial charge in [-0.1, -0.05) is 13.8 Å². The molecule has 0 aliphatic rings. The Bertz CT molecular complexity index is 99.8. The summed E-state index contributed by atoms with van der Waals surface area (Å²) < 4.78 is 0. The number of carbonyl (C=O) groups is 2. The van der Waals surface area contributed by atoms with Crippen molar-refractivity contribution in [1.82, 2.24) is 10.9 Å². The van der Waals surface area contributed by atoms with E-state index in [4.69, 9.17) is 10.2 Å². The molecule has 0 saturated heterocycles. The topological polar surface area (TPSA) is 98.7 Å². The predicted molar refractivity (Wildman–Crippen MR) is 33.7 cm³/mol. The lowest BCUT2D eigenvalue weighted by Crippen LogP contribution is -2.39. The van der Waals surface area contributed by atoms with E-state index in [0.29, 0.717) is 0 Å². The number of hydrogen-bond donors (Lipinski definition) is 4. The highest BCUT2D eigenvalue weighted by molar-refractivity contribution is 5.70. The van der Waals surface area contributed by atoms with Gasteiger partial charge in [-0.25, -0.2) is 20.4 Å². The van der Waals surface area contributed by atoms with E-state index in [1.807, 2.05) is 13.8 Å². The van der Waals surface area contributed by atoms with E-state index in [1.165, 1.54) is 10.9 Å². The second kappa shape index (κ2) is 7.54. The van der Waals surface area contributed by atoms with Crippen LogP contribution in [0.4, 0.5) is 9.59 Å². The van der Waals surface area contributed by atoms with Crippen LogP contribution < -0.4 is 10.9 Å². The number of nitrogens with one attached hydrogen (secondary N) is 2. The first kappa shape index (κ1) is 11.4. The first-order valence-corrected chi connectivity index (χ1v) is 2.61. The summed E-state index contributed by atoms with van der Waals surface area (Å²) in [5.41, 5.74) is 2.82. The molecule has 6 nitrogen and oxygen atoms in total. The van der Waals surface area contributed by atoms with E-state index >= 15 is 0 Å². The van der Waals surface area contributed by atoms with Crippen molar-refractivity contribution in [2.24, 2.45) is 0 Å². The van der Waals surface area contributed by atoms with E-state index < -0.39 is 12.2 Å². The van der Waals surface area contributed by atoms with Crippen LogP contribution in [0.2, 0.25) is 0 Å². The minimum Gasteiger partial charge on any atom is -0.464 e. The van der Waals surface area contributed by atoms with Crippen LogP contribution in [0.5, 0.6) is 0 Å². The molecule has 0 rings (SSSR count). The van der Waals surface area contributed by atoms with Gasteiger partial charge in [0.05, 0.1) is 0 Å². The largest absolute Gasteiger partial charge is 0.464 e. The second-order valence-electron chi connectivity index (χ2n) is 0.860. The first-order valence-electron chi connectivity index (χ1n) is 2.61. The highest BCUT2D eigenvalue weighted by Gasteiger charge is 1.94. The van der Waals surface area contributed by atoms with Crippen LogP contribution in [0.15, 0.2) is 0 Å². The van der Waals surface area contributed by atoms with Crippen LogP contribution in [0.3, 0.4) is 0 Å². The number of amides is 2. The molecule has 0 atom stereocenters. The molecule has 0 aliphatic heterocycles. The summed E-state index contributed by atoms with van der Waals surface area (Å²) in [5.74, 6) is 0. The van der Waals surface area contributed by atoms with Crippen LogP contribution in [0.25, 0.3) is 0 Å². The van der Waals surface area contributed by atoms with Crippen molar-refractivity contribution in [3.63, 3.8) is 0 Å². The van der Waals surface area contributed by atoms with Crippen LogP contribution in [-0.4, -0.2) is 22.4 Å². The molecule has 0 heterocycles. The molecule has 0 bridgehead atoms. The first-order chi connectivity index (χ1) is 4.63. The quantitative estimate of drug-likeness (QED) is 0.377. The highest BCUT2D eigenvalue weighted by Crippen LogP contribution is 1.55. The van der Waals surface area contributed by atoms with Gasteiger partial charge in [-0.2, -0.15) is 0 Å². The second-order valence-corrected chi connectivity index (χ2v) is 0.860. The van der Waals surface area contributed by atoms with Crippen molar-refractivity contribution in [2.75, 3.05) is 0 Å². The Morgan fingerprint density at radius 2 is 1.20 bits per heavy atom. The summed E-state index contributed by atoms with van der Waals surface area (Å²) >= 11 is 0. The van der Waals surface area contributed by atoms with Gasteiger partial charge in [0.15, 0.2) is 0 Å². The fraction of sp³-hybridized carbons (Fsp3) is 0.500. The zero-order valence-corrected chi connectivity index (χ0v) is 5.71. The molecule has 0 aromatic heterocycles. The lowest BCUT2D eigenvalue weighted by atomic mass is 11.0. The average molecular weight is 150 g/mol. The molecule has 0 fully saturated rings. The third kappa shape index (κ3) is 16.0. The van der Waals surface area contributed by atoms with Gasteiger partial charge in [0.25, 0.3) is 0 Å². The lowest BCUT2D eigenvalue weighted by molar-refractivity contribution is 0.172. The van der Waals surface area contributed by atoms with E-state index in [-0.39, 0.29) is 0 Å². The minimum absolute atomic E-state index is 1.41. The van der Waals surface area contributed by atoms with E-state index in [2.05, 4.69) is 0 Å². The molecule has 0 unspecified atom stereocenters. The van der Waals surface area contributed by atoms with Gasteiger partial charge in [-0.3, -0.25) is 0 Å². The Morgan fingerprint density at radius 1 is 1.00 bits per heavy atom. The van der Waals surface area contributed by atoms with Crippen molar-refractivity contribution in [1.29, 1.82) is 0 Å². The standard InChI is InChI=1S/C2H4N2O4.C2H6/c5-1(6)3-4-2(7)8;1-2/h3-4H,(H,5,6)(H,7,8);1-2H3. The van der Waals surface area contributed by atoms with Crippen LogP contribution in [-0.2, 0) is 0 Å². The van der Waals surface area contributed by atoms with Gasteiger partial charge in [0.1, 0.15) is 0 Å². The zero-order valence-electron chi connectivity index (χ0n) is 5.71. The van der Waals surface area contributed by atoms with Gasteiger partial charge < -0.3 is 10.2 Å². The molecule has 0 radical (unpaired) electrons. The summed E-state index contributed by atoms with van der Waals surface area (Å²) in [6.07, 6.45) is -2.88. The maximum Gasteiger partial charge on any atom is 0.423 e. The van der Waals surface area contributed by atoms with Crippen molar-refractivity contribution in [3.05, 3.63) is 0 Å². The summed E-state index contributed by atoms with van der Waals surface area (Å²) in [6, 6.07) is 0. The molecule has 0 aliphatic carbocycles. The molecule has 0 aromatic rings. The summed E-state index contributed by atoms with van der Waals surface area (Å²) in [7, 11) is 0. The molecule has 2 amide bonds. The van der Waals surface area contributed by atoms with Gasteiger partial charge in [-0.15, -0.1) is 0 Å². The third-order valence-corrected chi connectivity index (χ3v) is 0.276. The lowest BCUT2D eigenvalue weighted by Gasteiger charge is -1.94. The number of rotatable bonds is 0. The summed E-state index contributed by atoms with van der Waals surface area (Å²) in [5, 5.41) is 15.5. The molecule has 0 spiro atoms. The van der Waals surface area contributed by atoms with Gasteiger partial charge in [0, 0.05) is 0 Å². The SMILES string of the molecule is CC.O=C(O)NNC(=O)O. The molecular weight excluding hydrogens is 140 g/mol. The monoisotopic (exact) mass is 150 g/mol. The molecule has 4 N–H and O–H groups in total. The fourth-order valence-corrected chi connectivity index (χ4v) is 0.107. The Hall–Kier alpha value is -1.46. The van der Waals surface area contributed by atoms with E-state index in [0.717, 1.165) is 0 Å². The van der Waals surface area contributed by atoms with Gasteiger partial charge in [0.2, 0.25) is 0 Å². The third-order valence-electron chi connectivity index (χ3n) is 0.276. The maximum atomic E-state index is 9.47. The molecule has 6 heteroatoms. The van der Waals surface area contributed by atoms with Gasteiger partial charge in [-0.05, 0) is 0 Å². The highest BCUT2D eigenvalue weighted by atomic mass is 16.4. The summed E-state index contributed by atoms with van der Waals surface area (Å²) in [4.78, 5) is 18.9. The smallest absolute Gasteiger partial charge is 0.423 e. The van der Waals surface area contributed by atoms with Crippen molar-refractivity contribution in [3.8, 4) is 0 Å². The van der Waals surface area contributed by atoms with Crippen LogP contribution in [0.1, 0.15) is 13.8 Å². The fourth-order valence-electron chi connectivity index (χ4n) is 0.107. The summed E-state index contributed by atoms with van der Waals surface area (Å²) in [6.45, 7) is 4.00.